The number of thioether (sulfide) groups is 1. The van der Waals surface area contributed by atoms with Crippen LogP contribution in [0.1, 0.15) is 12.3 Å². The molecule has 16 heavy (non-hydrogen) atoms. The molecule has 0 spiro atoms. The molecule has 0 unspecified atom stereocenters. The van der Waals surface area contributed by atoms with Gasteiger partial charge in [-0.2, -0.15) is 11.8 Å². The molecule has 1 N–H and O–H groups in total. The van der Waals surface area contributed by atoms with E-state index in [4.69, 9.17) is 9.52 Å². The monoisotopic (exact) mass is 237 g/mol. The lowest BCUT2D eigenvalue weighted by Gasteiger charge is -1.94. The molecule has 84 valence electrons. The fraction of sp³-hybridized carbons (Fsp3) is 0.273. The SMILES string of the molecule is O=C(O)CCSCc1nc2ccccc2o1. The van der Waals surface area contributed by atoms with Gasteiger partial charge >= 0.3 is 5.97 Å². The molecule has 0 atom stereocenters. The summed E-state index contributed by atoms with van der Waals surface area (Å²) in [5.74, 6) is 1.07. The van der Waals surface area contributed by atoms with Crippen LogP contribution < -0.4 is 0 Å². The van der Waals surface area contributed by atoms with Gasteiger partial charge in [0.05, 0.1) is 12.2 Å². The summed E-state index contributed by atoms with van der Waals surface area (Å²) in [6.45, 7) is 0. The Morgan fingerprint density at radius 1 is 1.44 bits per heavy atom. The number of aromatic nitrogens is 1. The molecule has 0 fully saturated rings. The van der Waals surface area contributed by atoms with Crippen molar-refractivity contribution < 1.29 is 14.3 Å². The van der Waals surface area contributed by atoms with E-state index in [9.17, 15) is 4.79 Å². The summed E-state index contributed by atoms with van der Waals surface area (Å²) in [5, 5.41) is 8.47. The summed E-state index contributed by atoms with van der Waals surface area (Å²) in [5.41, 5.74) is 1.62. The number of nitrogens with zero attached hydrogens (tertiary/aromatic N) is 1. The maximum Gasteiger partial charge on any atom is 0.304 e. The Bertz CT molecular complexity index is 462. The minimum Gasteiger partial charge on any atom is -0.481 e. The summed E-state index contributed by atoms with van der Waals surface area (Å²) in [7, 11) is 0. The van der Waals surface area contributed by atoms with Gasteiger partial charge in [-0.05, 0) is 12.1 Å². The smallest absolute Gasteiger partial charge is 0.304 e. The van der Waals surface area contributed by atoms with Crippen molar-refractivity contribution in [2.45, 2.75) is 12.2 Å². The van der Waals surface area contributed by atoms with E-state index in [1.807, 2.05) is 24.3 Å². The van der Waals surface area contributed by atoms with Crippen LogP contribution in [0.15, 0.2) is 28.7 Å². The van der Waals surface area contributed by atoms with E-state index in [0.717, 1.165) is 11.1 Å². The molecule has 0 amide bonds. The number of oxazole rings is 1. The van der Waals surface area contributed by atoms with Crippen molar-refractivity contribution in [2.75, 3.05) is 5.75 Å². The summed E-state index contributed by atoms with van der Waals surface area (Å²) in [6.07, 6.45) is 0.172. The molecule has 0 radical (unpaired) electrons. The summed E-state index contributed by atoms with van der Waals surface area (Å²) in [6, 6.07) is 7.57. The zero-order valence-electron chi connectivity index (χ0n) is 8.55. The maximum atomic E-state index is 10.3. The third-order valence-electron chi connectivity index (χ3n) is 2.02. The first-order valence-electron chi connectivity index (χ1n) is 4.90. The topological polar surface area (TPSA) is 63.3 Å². The quantitative estimate of drug-likeness (QED) is 0.809. The van der Waals surface area contributed by atoms with E-state index in [0.29, 0.717) is 17.4 Å². The Balaban J connectivity index is 1.92. The standard InChI is InChI=1S/C11H11NO3S/c13-11(14)5-6-16-7-10-12-8-3-1-2-4-9(8)15-10/h1-4H,5-7H2,(H,13,14). The first-order valence-corrected chi connectivity index (χ1v) is 6.05. The van der Waals surface area contributed by atoms with Gasteiger partial charge in [0.15, 0.2) is 5.58 Å². The molecule has 0 bridgehead atoms. The minimum atomic E-state index is -0.773. The predicted octanol–water partition coefficient (Wildman–Crippen LogP) is 2.54. The highest BCUT2D eigenvalue weighted by Gasteiger charge is 2.05. The number of carboxylic acids is 1. The summed E-state index contributed by atoms with van der Waals surface area (Å²) in [4.78, 5) is 14.6. The van der Waals surface area contributed by atoms with Crippen molar-refractivity contribution in [1.29, 1.82) is 0 Å². The van der Waals surface area contributed by atoms with Gasteiger partial charge in [0.25, 0.3) is 0 Å². The van der Waals surface area contributed by atoms with Crippen LogP contribution >= 0.6 is 11.8 Å². The van der Waals surface area contributed by atoms with Gasteiger partial charge in [0.1, 0.15) is 5.52 Å². The maximum absolute atomic E-state index is 10.3. The van der Waals surface area contributed by atoms with Crippen molar-refractivity contribution in [2.24, 2.45) is 0 Å². The molecule has 0 saturated heterocycles. The third-order valence-corrected chi connectivity index (χ3v) is 2.97. The van der Waals surface area contributed by atoms with Crippen LogP contribution in [0.5, 0.6) is 0 Å². The van der Waals surface area contributed by atoms with E-state index >= 15 is 0 Å². The fourth-order valence-corrected chi connectivity index (χ4v) is 2.06. The van der Waals surface area contributed by atoms with Crippen molar-refractivity contribution in [3.05, 3.63) is 30.2 Å². The first kappa shape index (κ1) is 11.0. The molecule has 1 aromatic heterocycles. The van der Waals surface area contributed by atoms with Crippen LogP contribution in [-0.4, -0.2) is 21.8 Å². The number of aliphatic carboxylic acids is 1. The lowest BCUT2D eigenvalue weighted by atomic mass is 10.3. The number of para-hydroxylation sites is 2. The zero-order chi connectivity index (χ0) is 11.4. The first-order chi connectivity index (χ1) is 7.75. The van der Waals surface area contributed by atoms with Crippen LogP contribution in [-0.2, 0) is 10.5 Å². The molecule has 0 aliphatic rings. The average Bonchev–Trinajstić information content (AvgIpc) is 2.66. The van der Waals surface area contributed by atoms with Crippen LogP contribution in [0.4, 0.5) is 0 Å². The molecule has 1 heterocycles. The number of benzene rings is 1. The third kappa shape index (κ3) is 2.76. The van der Waals surface area contributed by atoms with Gasteiger partial charge in [-0.3, -0.25) is 4.79 Å². The van der Waals surface area contributed by atoms with Gasteiger partial charge in [0, 0.05) is 5.75 Å². The Hall–Kier alpha value is -1.49. The van der Waals surface area contributed by atoms with Gasteiger partial charge in [0.2, 0.25) is 5.89 Å². The van der Waals surface area contributed by atoms with Gasteiger partial charge < -0.3 is 9.52 Å². The molecular weight excluding hydrogens is 226 g/mol. The van der Waals surface area contributed by atoms with E-state index in [-0.39, 0.29) is 6.42 Å². The Kier molecular flexibility index (Phi) is 3.46. The highest BCUT2D eigenvalue weighted by atomic mass is 32.2. The Morgan fingerprint density at radius 2 is 2.25 bits per heavy atom. The zero-order valence-corrected chi connectivity index (χ0v) is 9.37. The van der Waals surface area contributed by atoms with Crippen molar-refractivity contribution >= 4 is 28.8 Å². The summed E-state index contributed by atoms with van der Waals surface area (Å²) >= 11 is 1.51. The number of fused-ring (bicyclic) bond motifs is 1. The van der Waals surface area contributed by atoms with E-state index in [1.165, 1.54) is 11.8 Å². The van der Waals surface area contributed by atoms with Gasteiger partial charge in [-0.1, -0.05) is 12.1 Å². The highest BCUT2D eigenvalue weighted by Crippen LogP contribution is 2.18. The molecule has 2 rings (SSSR count). The molecule has 4 nitrogen and oxygen atoms in total. The van der Waals surface area contributed by atoms with Crippen molar-refractivity contribution in [3.63, 3.8) is 0 Å². The van der Waals surface area contributed by atoms with E-state index < -0.39 is 5.97 Å². The molecular formula is C11H11NO3S. The lowest BCUT2D eigenvalue weighted by Crippen LogP contribution is -1.96. The Morgan fingerprint density at radius 3 is 3.00 bits per heavy atom. The normalized spacial score (nSPS) is 10.8. The molecule has 0 saturated carbocycles. The van der Waals surface area contributed by atoms with E-state index in [2.05, 4.69) is 4.98 Å². The minimum absolute atomic E-state index is 0.172. The molecule has 0 aliphatic heterocycles. The second-order valence-electron chi connectivity index (χ2n) is 3.27. The summed E-state index contributed by atoms with van der Waals surface area (Å²) < 4.78 is 5.50. The van der Waals surface area contributed by atoms with Crippen LogP contribution in [0.3, 0.4) is 0 Å². The van der Waals surface area contributed by atoms with Crippen LogP contribution in [0, 0.1) is 0 Å². The lowest BCUT2D eigenvalue weighted by molar-refractivity contribution is -0.136. The van der Waals surface area contributed by atoms with Crippen LogP contribution in [0.2, 0.25) is 0 Å². The van der Waals surface area contributed by atoms with Crippen LogP contribution in [0.25, 0.3) is 11.1 Å². The number of rotatable bonds is 5. The number of hydrogen-bond acceptors (Lipinski definition) is 4. The van der Waals surface area contributed by atoms with Gasteiger partial charge in [-0.15, -0.1) is 0 Å². The molecule has 2 aromatic rings. The molecule has 5 heteroatoms. The van der Waals surface area contributed by atoms with E-state index in [1.54, 1.807) is 0 Å². The van der Waals surface area contributed by atoms with Crippen molar-refractivity contribution in [3.8, 4) is 0 Å². The number of carboxylic acid groups (broad SMARTS) is 1. The van der Waals surface area contributed by atoms with Gasteiger partial charge in [-0.25, -0.2) is 4.98 Å². The Labute approximate surface area is 96.7 Å². The molecule has 1 aromatic carbocycles. The fourth-order valence-electron chi connectivity index (χ4n) is 1.30. The largest absolute Gasteiger partial charge is 0.481 e. The predicted molar refractivity (Wildman–Crippen MR) is 62.4 cm³/mol. The average molecular weight is 237 g/mol. The highest BCUT2D eigenvalue weighted by molar-refractivity contribution is 7.98. The number of hydrogen-bond donors (Lipinski definition) is 1. The van der Waals surface area contributed by atoms with Crippen molar-refractivity contribution in [1.82, 2.24) is 4.98 Å². The molecule has 0 aliphatic carbocycles. The second kappa shape index (κ2) is 5.03. The second-order valence-corrected chi connectivity index (χ2v) is 4.38. The number of carbonyl (C=O) groups is 1.